The number of piperidine rings is 1. The molecule has 1 aromatic carbocycles. The third kappa shape index (κ3) is 2.65. The molecule has 2 aliphatic rings. The van der Waals surface area contributed by atoms with E-state index in [9.17, 15) is 4.79 Å². The van der Waals surface area contributed by atoms with Gasteiger partial charge in [0.1, 0.15) is 5.75 Å². The third-order valence-corrected chi connectivity index (χ3v) is 3.78. The minimum Gasteiger partial charge on any atom is -0.492 e. The molecule has 2 aliphatic heterocycles. The number of ketones is 1. The number of carbonyl (C=O) groups excluding carboxylic acids is 1. The number of carbonyl (C=O) groups is 1. The first-order valence-electron chi connectivity index (χ1n) is 7.06. The Bertz CT molecular complexity index is 501. The fourth-order valence-corrected chi connectivity index (χ4v) is 2.73. The van der Waals surface area contributed by atoms with Gasteiger partial charge in [-0.1, -0.05) is 12.1 Å². The summed E-state index contributed by atoms with van der Waals surface area (Å²) in [6.45, 7) is 2.72. The topological polar surface area (TPSA) is 29.5 Å². The largest absolute Gasteiger partial charge is 0.492 e. The van der Waals surface area contributed by atoms with Gasteiger partial charge in [0.15, 0.2) is 5.78 Å². The second-order valence-electron chi connectivity index (χ2n) is 5.17. The van der Waals surface area contributed by atoms with E-state index < -0.39 is 0 Å². The Morgan fingerprint density at radius 1 is 1.11 bits per heavy atom. The molecule has 0 saturated carbocycles. The smallest absolute Gasteiger partial charge is 0.194 e. The number of nitrogens with zero attached hydrogens (tertiary/aromatic N) is 1. The van der Waals surface area contributed by atoms with E-state index in [1.165, 1.54) is 19.3 Å². The van der Waals surface area contributed by atoms with Crippen LogP contribution in [0.5, 0.6) is 5.75 Å². The van der Waals surface area contributed by atoms with Crippen molar-refractivity contribution in [2.24, 2.45) is 0 Å². The fraction of sp³-hybridized carbons (Fsp3) is 0.438. The first-order valence-corrected chi connectivity index (χ1v) is 7.06. The van der Waals surface area contributed by atoms with Gasteiger partial charge >= 0.3 is 0 Å². The zero-order valence-electron chi connectivity index (χ0n) is 11.1. The van der Waals surface area contributed by atoms with Gasteiger partial charge in [-0.15, -0.1) is 0 Å². The lowest BCUT2D eigenvalue weighted by molar-refractivity contribution is 0.103. The van der Waals surface area contributed by atoms with Crippen LogP contribution in [0.4, 0.5) is 0 Å². The molecular weight excluding hydrogens is 238 g/mol. The maximum absolute atomic E-state index is 12.5. The van der Waals surface area contributed by atoms with Gasteiger partial charge in [0.2, 0.25) is 0 Å². The van der Waals surface area contributed by atoms with Gasteiger partial charge in [0.05, 0.1) is 12.2 Å². The summed E-state index contributed by atoms with van der Waals surface area (Å²) in [7, 11) is 0. The highest BCUT2D eigenvalue weighted by Crippen LogP contribution is 2.26. The molecule has 0 unspecified atom stereocenters. The zero-order chi connectivity index (χ0) is 13.1. The average Bonchev–Trinajstić information content (AvgIpc) is 2.61. The summed E-state index contributed by atoms with van der Waals surface area (Å²) in [5, 5.41) is 0. The Balaban J connectivity index is 1.86. The lowest BCUT2D eigenvalue weighted by Gasteiger charge is -2.25. The highest BCUT2D eigenvalue weighted by atomic mass is 16.5. The van der Waals surface area contributed by atoms with Crippen molar-refractivity contribution in [3.05, 3.63) is 41.6 Å². The number of fused-ring (bicyclic) bond motifs is 1. The summed E-state index contributed by atoms with van der Waals surface area (Å²) in [6.07, 6.45) is 6.52. The number of hydrogen-bond acceptors (Lipinski definition) is 3. The first-order chi connectivity index (χ1) is 9.34. The highest BCUT2D eigenvalue weighted by Gasteiger charge is 2.21. The summed E-state index contributed by atoms with van der Waals surface area (Å²) in [4.78, 5) is 14.8. The molecule has 3 heteroatoms. The third-order valence-electron chi connectivity index (χ3n) is 3.78. The molecule has 2 heterocycles. The van der Waals surface area contributed by atoms with Gasteiger partial charge < -0.3 is 9.64 Å². The average molecular weight is 257 g/mol. The monoisotopic (exact) mass is 257 g/mol. The van der Waals surface area contributed by atoms with E-state index >= 15 is 0 Å². The van der Waals surface area contributed by atoms with Crippen LogP contribution in [0.25, 0.3) is 0 Å². The van der Waals surface area contributed by atoms with Crippen molar-refractivity contribution in [1.82, 2.24) is 4.90 Å². The predicted molar refractivity (Wildman–Crippen MR) is 74.4 cm³/mol. The Kier molecular flexibility index (Phi) is 3.53. The van der Waals surface area contributed by atoms with Crippen LogP contribution in [0.1, 0.15) is 36.0 Å². The number of ether oxygens (including phenoxy) is 1. The zero-order valence-corrected chi connectivity index (χ0v) is 11.1. The summed E-state index contributed by atoms with van der Waals surface area (Å²) in [5.74, 6) is 0.841. The molecule has 1 fully saturated rings. The van der Waals surface area contributed by atoms with E-state index in [1.54, 1.807) is 0 Å². The fourth-order valence-electron chi connectivity index (χ4n) is 2.73. The second-order valence-corrected chi connectivity index (χ2v) is 5.17. The normalized spacial score (nSPS) is 21.8. The summed E-state index contributed by atoms with van der Waals surface area (Å²) in [5.41, 5.74) is 1.58. The minimum atomic E-state index is 0.124. The maximum Gasteiger partial charge on any atom is 0.194 e. The Morgan fingerprint density at radius 3 is 2.74 bits per heavy atom. The van der Waals surface area contributed by atoms with Crippen molar-refractivity contribution in [3.8, 4) is 5.75 Å². The molecule has 0 amide bonds. The molecule has 0 aliphatic carbocycles. The second kappa shape index (κ2) is 5.47. The van der Waals surface area contributed by atoms with E-state index in [-0.39, 0.29) is 5.78 Å². The Labute approximate surface area is 113 Å². The lowest BCUT2D eigenvalue weighted by atomic mass is 10.0. The van der Waals surface area contributed by atoms with Gasteiger partial charge in [0.25, 0.3) is 0 Å². The molecule has 0 aromatic heterocycles. The van der Waals surface area contributed by atoms with E-state index in [0.717, 1.165) is 24.4 Å². The van der Waals surface area contributed by atoms with Gasteiger partial charge in [-0.25, -0.2) is 0 Å². The number of para-hydroxylation sites is 1. The molecule has 3 nitrogen and oxygen atoms in total. The number of benzene rings is 1. The molecule has 0 spiro atoms. The molecule has 100 valence electrons. The van der Waals surface area contributed by atoms with Crippen molar-refractivity contribution in [2.75, 3.05) is 19.7 Å². The predicted octanol–water partition coefficient (Wildman–Crippen LogP) is 3.02. The molecule has 0 atom stereocenters. The molecule has 19 heavy (non-hydrogen) atoms. The number of Topliss-reactive ketones (excluding diaryl/α,β-unsaturated/α-hetero) is 1. The van der Waals surface area contributed by atoms with Gasteiger partial charge in [-0.2, -0.15) is 0 Å². The van der Waals surface area contributed by atoms with Crippen LogP contribution in [0.3, 0.4) is 0 Å². The van der Waals surface area contributed by atoms with E-state index in [4.69, 9.17) is 4.74 Å². The number of rotatable bonds is 1. The van der Waals surface area contributed by atoms with Crippen LogP contribution >= 0.6 is 0 Å². The van der Waals surface area contributed by atoms with Crippen LogP contribution in [-0.2, 0) is 0 Å². The van der Waals surface area contributed by atoms with Crippen LogP contribution in [0.2, 0.25) is 0 Å². The van der Waals surface area contributed by atoms with Crippen LogP contribution in [0.15, 0.2) is 36.0 Å². The van der Waals surface area contributed by atoms with E-state index in [2.05, 4.69) is 11.1 Å². The highest BCUT2D eigenvalue weighted by molar-refractivity contribution is 6.10. The molecule has 1 saturated heterocycles. The van der Waals surface area contributed by atoms with Crippen LogP contribution < -0.4 is 4.74 Å². The van der Waals surface area contributed by atoms with Gasteiger partial charge in [0, 0.05) is 31.3 Å². The van der Waals surface area contributed by atoms with E-state index in [0.29, 0.717) is 18.6 Å². The Hall–Kier alpha value is -1.77. The van der Waals surface area contributed by atoms with E-state index in [1.807, 2.05) is 24.3 Å². The van der Waals surface area contributed by atoms with Crippen molar-refractivity contribution in [3.63, 3.8) is 0 Å². The number of likely N-dealkylation sites (tertiary alicyclic amines) is 1. The summed E-state index contributed by atoms with van der Waals surface area (Å²) in [6, 6.07) is 7.53. The van der Waals surface area contributed by atoms with Crippen molar-refractivity contribution < 1.29 is 9.53 Å². The standard InChI is InChI=1S/C16H19NO2/c18-16-13(12-17-9-4-1-5-10-17)8-11-19-15-7-3-2-6-14(15)16/h2-3,6-7,12H,1,4-5,8-11H2/b13-12+. The molecular formula is C16H19NO2. The SMILES string of the molecule is O=C1/C(=C/N2CCCCC2)CCOc2ccccc21. The lowest BCUT2D eigenvalue weighted by Crippen LogP contribution is -2.25. The number of hydrogen-bond donors (Lipinski definition) is 0. The summed E-state index contributed by atoms with van der Waals surface area (Å²) >= 11 is 0. The van der Waals surface area contributed by atoms with Crippen molar-refractivity contribution >= 4 is 5.78 Å². The minimum absolute atomic E-state index is 0.124. The van der Waals surface area contributed by atoms with Gasteiger partial charge in [-0.05, 0) is 31.4 Å². The quantitative estimate of drug-likeness (QED) is 0.724. The molecule has 1 aromatic rings. The van der Waals surface area contributed by atoms with Crippen LogP contribution in [-0.4, -0.2) is 30.4 Å². The van der Waals surface area contributed by atoms with Crippen LogP contribution in [0, 0.1) is 0 Å². The molecule has 0 radical (unpaired) electrons. The summed E-state index contributed by atoms with van der Waals surface area (Å²) < 4.78 is 5.66. The molecule has 0 bridgehead atoms. The maximum atomic E-state index is 12.5. The van der Waals surface area contributed by atoms with Gasteiger partial charge in [-0.3, -0.25) is 4.79 Å². The van der Waals surface area contributed by atoms with Crippen molar-refractivity contribution in [2.45, 2.75) is 25.7 Å². The first kappa shape index (κ1) is 12.3. The van der Waals surface area contributed by atoms with Crippen molar-refractivity contribution in [1.29, 1.82) is 0 Å². The molecule has 3 rings (SSSR count). The molecule has 0 N–H and O–H groups in total. The Morgan fingerprint density at radius 2 is 1.89 bits per heavy atom.